The molecule has 0 aliphatic carbocycles. The normalized spacial score (nSPS) is 18.0. The van der Waals surface area contributed by atoms with Crippen LogP contribution in [0.4, 0.5) is 0 Å². The molecule has 1 amide bonds. The Morgan fingerprint density at radius 1 is 1.06 bits per heavy atom. The Hall–Kier alpha value is -3.60. The molecule has 1 aliphatic heterocycles. The smallest absolute Gasteiger partial charge is 0.255 e. The second-order valence-corrected chi connectivity index (χ2v) is 9.60. The number of hydrogen-bond donors (Lipinski definition) is 1. The van der Waals surface area contributed by atoms with Crippen molar-refractivity contribution in [2.24, 2.45) is 0 Å². The summed E-state index contributed by atoms with van der Waals surface area (Å²) in [5.41, 5.74) is 7.65. The first kappa shape index (κ1) is 22.2. The summed E-state index contributed by atoms with van der Waals surface area (Å²) in [6, 6.07) is 18.2. The molecule has 1 atom stereocenters. The molecule has 174 valence electrons. The molecule has 5 rings (SSSR count). The molecule has 1 N–H and O–H groups in total. The van der Waals surface area contributed by atoms with Gasteiger partial charge in [0.25, 0.3) is 5.91 Å². The van der Waals surface area contributed by atoms with E-state index in [1.165, 1.54) is 11.1 Å². The molecular weight excluding hydrogens is 422 g/mol. The number of nitrogens with zero attached hydrogens (tertiary/aromatic N) is 2. The molecule has 1 fully saturated rings. The number of aryl methyl sites for hydroxylation is 3. The SMILES string of the molecule is COc1ccc(-c2ccc(C)cc2C(=O)N2CCCC2(C)c2nc3c(C)c(C)ccc3[nH]2)cc1. The van der Waals surface area contributed by atoms with E-state index < -0.39 is 5.54 Å². The summed E-state index contributed by atoms with van der Waals surface area (Å²) in [5.74, 6) is 1.70. The fraction of sp³-hybridized carbons (Fsp3) is 0.310. The van der Waals surface area contributed by atoms with Crippen molar-refractivity contribution in [2.75, 3.05) is 13.7 Å². The number of nitrogens with one attached hydrogen (secondary N) is 1. The lowest BCUT2D eigenvalue weighted by atomic mass is 9.94. The summed E-state index contributed by atoms with van der Waals surface area (Å²) in [7, 11) is 1.66. The van der Waals surface area contributed by atoms with E-state index in [0.29, 0.717) is 6.54 Å². The Kier molecular flexibility index (Phi) is 5.43. The number of ether oxygens (including phenoxy) is 1. The first-order valence-electron chi connectivity index (χ1n) is 11.9. The second-order valence-electron chi connectivity index (χ2n) is 9.60. The van der Waals surface area contributed by atoms with Gasteiger partial charge in [0.05, 0.1) is 23.7 Å². The summed E-state index contributed by atoms with van der Waals surface area (Å²) >= 11 is 0. The second kappa shape index (κ2) is 8.32. The number of carbonyl (C=O) groups excluding carboxylic acids is 1. The van der Waals surface area contributed by atoms with Gasteiger partial charge in [-0.3, -0.25) is 4.79 Å². The van der Waals surface area contributed by atoms with Crippen LogP contribution in [0.15, 0.2) is 54.6 Å². The van der Waals surface area contributed by atoms with Gasteiger partial charge in [-0.1, -0.05) is 35.9 Å². The van der Waals surface area contributed by atoms with Gasteiger partial charge in [-0.05, 0) is 87.1 Å². The molecule has 34 heavy (non-hydrogen) atoms. The molecule has 0 bridgehead atoms. The summed E-state index contributed by atoms with van der Waals surface area (Å²) < 4.78 is 5.31. The molecule has 3 aromatic carbocycles. The van der Waals surface area contributed by atoms with Crippen molar-refractivity contribution in [1.29, 1.82) is 0 Å². The zero-order valence-electron chi connectivity index (χ0n) is 20.5. The van der Waals surface area contributed by atoms with Gasteiger partial charge in [0.1, 0.15) is 11.6 Å². The maximum atomic E-state index is 14.1. The van der Waals surface area contributed by atoms with Crippen LogP contribution in [0.1, 0.15) is 52.6 Å². The average molecular weight is 454 g/mol. The van der Waals surface area contributed by atoms with E-state index in [1.54, 1.807) is 7.11 Å². The van der Waals surface area contributed by atoms with Crippen molar-refractivity contribution in [3.63, 3.8) is 0 Å². The van der Waals surface area contributed by atoms with E-state index in [0.717, 1.165) is 57.7 Å². The lowest BCUT2D eigenvalue weighted by Crippen LogP contribution is -2.43. The molecule has 5 nitrogen and oxygen atoms in total. The fourth-order valence-electron chi connectivity index (χ4n) is 5.11. The van der Waals surface area contributed by atoms with E-state index in [4.69, 9.17) is 9.72 Å². The van der Waals surface area contributed by atoms with E-state index in [2.05, 4.69) is 44.0 Å². The van der Waals surface area contributed by atoms with Gasteiger partial charge in [-0.2, -0.15) is 0 Å². The number of aromatic nitrogens is 2. The van der Waals surface area contributed by atoms with Crippen LogP contribution in [-0.2, 0) is 5.54 Å². The molecule has 2 heterocycles. The lowest BCUT2D eigenvalue weighted by molar-refractivity contribution is 0.0606. The van der Waals surface area contributed by atoms with Crippen molar-refractivity contribution in [1.82, 2.24) is 14.9 Å². The average Bonchev–Trinajstić information content (AvgIpc) is 3.46. The quantitative estimate of drug-likeness (QED) is 0.394. The highest BCUT2D eigenvalue weighted by Gasteiger charge is 2.44. The maximum Gasteiger partial charge on any atom is 0.255 e. The van der Waals surface area contributed by atoms with E-state index in [1.807, 2.05) is 48.2 Å². The number of carbonyl (C=O) groups is 1. The Morgan fingerprint density at radius 2 is 1.82 bits per heavy atom. The van der Waals surface area contributed by atoms with Crippen molar-refractivity contribution in [3.8, 4) is 16.9 Å². The summed E-state index contributed by atoms with van der Waals surface area (Å²) in [5, 5.41) is 0. The molecule has 0 spiro atoms. The van der Waals surface area contributed by atoms with Gasteiger partial charge >= 0.3 is 0 Å². The van der Waals surface area contributed by atoms with Crippen LogP contribution in [0.25, 0.3) is 22.2 Å². The zero-order chi connectivity index (χ0) is 24.0. The van der Waals surface area contributed by atoms with Crippen LogP contribution in [-0.4, -0.2) is 34.4 Å². The number of fused-ring (bicyclic) bond motifs is 1. The molecule has 1 saturated heterocycles. The van der Waals surface area contributed by atoms with Crippen LogP contribution in [0.5, 0.6) is 5.75 Å². The standard InChI is InChI=1S/C29H31N3O2/c1-18-7-13-23(21-9-11-22(34-5)12-10-21)24(17-18)27(33)32-16-6-15-29(32,4)28-30-25-14-8-19(2)20(3)26(25)31-28/h7-14,17H,6,15-16H2,1-5H3,(H,30,31). The highest BCUT2D eigenvalue weighted by Crippen LogP contribution is 2.40. The van der Waals surface area contributed by atoms with Crippen molar-refractivity contribution in [3.05, 3.63) is 82.7 Å². The van der Waals surface area contributed by atoms with E-state index in [-0.39, 0.29) is 5.91 Å². The summed E-state index contributed by atoms with van der Waals surface area (Å²) in [6.45, 7) is 9.09. The number of H-pyrrole nitrogens is 1. The predicted octanol–water partition coefficient (Wildman–Crippen LogP) is 6.32. The summed E-state index contributed by atoms with van der Waals surface area (Å²) in [4.78, 5) is 24.7. The first-order valence-corrected chi connectivity index (χ1v) is 11.9. The minimum absolute atomic E-state index is 0.0443. The minimum atomic E-state index is -0.489. The zero-order valence-corrected chi connectivity index (χ0v) is 20.5. The Balaban J connectivity index is 1.57. The number of hydrogen-bond acceptors (Lipinski definition) is 3. The minimum Gasteiger partial charge on any atom is -0.497 e. The molecular formula is C29H31N3O2. The topological polar surface area (TPSA) is 58.2 Å². The van der Waals surface area contributed by atoms with Crippen LogP contribution < -0.4 is 4.74 Å². The van der Waals surface area contributed by atoms with Crippen LogP contribution in [0, 0.1) is 20.8 Å². The van der Waals surface area contributed by atoms with E-state index in [9.17, 15) is 4.79 Å². The molecule has 0 radical (unpaired) electrons. The van der Waals surface area contributed by atoms with Crippen molar-refractivity contribution >= 4 is 16.9 Å². The molecule has 4 aromatic rings. The van der Waals surface area contributed by atoms with Gasteiger partial charge in [0.2, 0.25) is 0 Å². The summed E-state index contributed by atoms with van der Waals surface area (Å²) in [6.07, 6.45) is 1.82. The monoisotopic (exact) mass is 453 g/mol. The largest absolute Gasteiger partial charge is 0.497 e. The van der Waals surface area contributed by atoms with Crippen molar-refractivity contribution < 1.29 is 9.53 Å². The van der Waals surface area contributed by atoms with Gasteiger partial charge < -0.3 is 14.6 Å². The molecule has 1 unspecified atom stereocenters. The van der Waals surface area contributed by atoms with Gasteiger partial charge in [-0.25, -0.2) is 4.98 Å². The Bertz CT molecular complexity index is 1390. The predicted molar refractivity (Wildman–Crippen MR) is 136 cm³/mol. The molecule has 5 heteroatoms. The number of imidazole rings is 1. The molecule has 1 aliphatic rings. The van der Waals surface area contributed by atoms with Gasteiger partial charge in [0, 0.05) is 12.1 Å². The maximum absolute atomic E-state index is 14.1. The lowest BCUT2D eigenvalue weighted by Gasteiger charge is -2.34. The Labute approximate surface area is 200 Å². The third-order valence-corrected chi connectivity index (χ3v) is 7.38. The first-order chi connectivity index (χ1) is 16.3. The van der Waals surface area contributed by atoms with Crippen molar-refractivity contribution in [2.45, 2.75) is 46.1 Å². The highest BCUT2D eigenvalue weighted by atomic mass is 16.5. The Morgan fingerprint density at radius 3 is 2.56 bits per heavy atom. The van der Waals surface area contributed by atoms with E-state index >= 15 is 0 Å². The number of methoxy groups -OCH3 is 1. The van der Waals surface area contributed by atoms with Crippen LogP contribution >= 0.6 is 0 Å². The number of likely N-dealkylation sites (tertiary alicyclic amines) is 1. The van der Waals surface area contributed by atoms with Crippen LogP contribution in [0.3, 0.4) is 0 Å². The highest BCUT2D eigenvalue weighted by molar-refractivity contribution is 6.01. The van der Waals surface area contributed by atoms with Crippen LogP contribution in [0.2, 0.25) is 0 Å². The number of amides is 1. The third-order valence-electron chi connectivity index (χ3n) is 7.38. The van der Waals surface area contributed by atoms with Gasteiger partial charge in [0.15, 0.2) is 0 Å². The number of aromatic amines is 1. The van der Waals surface area contributed by atoms with Gasteiger partial charge in [-0.15, -0.1) is 0 Å². The third kappa shape index (κ3) is 3.56. The molecule has 0 saturated carbocycles. The fourth-order valence-corrected chi connectivity index (χ4v) is 5.11. The molecule has 1 aromatic heterocycles. The number of benzene rings is 3. The number of rotatable bonds is 4.